The summed E-state index contributed by atoms with van der Waals surface area (Å²) in [4.78, 5) is 4.26. The van der Waals surface area contributed by atoms with Crippen LogP contribution in [0.5, 0.6) is 0 Å². The largest absolute Gasteiger partial charge is 0.250 e. The molecule has 1 heterocycles. The Morgan fingerprint density at radius 2 is 2.31 bits per heavy atom. The van der Waals surface area contributed by atoms with E-state index >= 15 is 0 Å². The molecular weight excluding hydrogens is 289 g/mol. The number of hydrogen-bond donors (Lipinski definition) is 0. The predicted molar refractivity (Wildman–Crippen MR) is 68.8 cm³/mol. The molecule has 2 aromatic rings. The first-order valence-corrected chi connectivity index (χ1v) is 6.99. The first kappa shape index (κ1) is 11.7. The molecule has 0 radical (unpaired) electrons. The van der Waals surface area contributed by atoms with Crippen LogP contribution in [0.4, 0.5) is 4.39 Å². The van der Waals surface area contributed by atoms with E-state index in [-0.39, 0.29) is 11.7 Å². The highest BCUT2D eigenvalue weighted by Gasteiger charge is 2.13. The first-order valence-electron chi connectivity index (χ1n) is 4.99. The van der Waals surface area contributed by atoms with Crippen molar-refractivity contribution in [3.8, 4) is 0 Å². The molecular formula is C12H11BrFNS. The van der Waals surface area contributed by atoms with Gasteiger partial charge in [-0.25, -0.2) is 9.37 Å². The molecule has 4 heteroatoms. The third-order valence-corrected chi connectivity index (χ3v) is 3.99. The Morgan fingerprint density at radius 3 is 2.94 bits per heavy atom. The summed E-state index contributed by atoms with van der Waals surface area (Å²) in [6, 6.07) is 6.78. The molecule has 0 amide bonds. The lowest BCUT2D eigenvalue weighted by atomic mass is 9.98. The van der Waals surface area contributed by atoms with E-state index in [9.17, 15) is 4.39 Å². The number of thiazole rings is 1. The number of rotatable bonds is 4. The summed E-state index contributed by atoms with van der Waals surface area (Å²) in [7, 11) is 0. The smallest absolute Gasteiger partial charge is 0.123 e. The Kier molecular flexibility index (Phi) is 4.07. The van der Waals surface area contributed by atoms with Crippen molar-refractivity contribution in [2.24, 2.45) is 0 Å². The average Bonchev–Trinajstić information content (AvgIpc) is 2.78. The lowest BCUT2D eigenvalue weighted by Crippen LogP contribution is -2.04. The molecule has 0 aliphatic carbocycles. The molecule has 1 unspecified atom stereocenters. The van der Waals surface area contributed by atoms with Crippen molar-refractivity contribution in [1.29, 1.82) is 0 Å². The Labute approximate surface area is 106 Å². The molecule has 0 N–H and O–H groups in total. The second-order valence-electron chi connectivity index (χ2n) is 3.54. The van der Waals surface area contributed by atoms with Gasteiger partial charge in [-0.3, -0.25) is 0 Å². The average molecular weight is 300 g/mol. The summed E-state index contributed by atoms with van der Waals surface area (Å²) < 4.78 is 13.1. The molecule has 0 saturated carbocycles. The summed E-state index contributed by atoms with van der Waals surface area (Å²) in [5.41, 5.74) is 1.02. The van der Waals surface area contributed by atoms with Gasteiger partial charge in [-0.15, -0.1) is 11.3 Å². The van der Waals surface area contributed by atoms with Crippen LogP contribution < -0.4 is 0 Å². The summed E-state index contributed by atoms with van der Waals surface area (Å²) >= 11 is 5.12. The molecule has 0 bridgehead atoms. The highest BCUT2D eigenvalue weighted by molar-refractivity contribution is 9.09. The SMILES string of the molecule is Fc1cccc(C(CBr)Cc2nccs2)c1. The minimum absolute atomic E-state index is 0.178. The lowest BCUT2D eigenvalue weighted by molar-refractivity contribution is 0.621. The normalized spacial score (nSPS) is 12.6. The van der Waals surface area contributed by atoms with E-state index in [0.717, 1.165) is 22.3 Å². The van der Waals surface area contributed by atoms with E-state index in [0.29, 0.717) is 0 Å². The minimum Gasteiger partial charge on any atom is -0.250 e. The van der Waals surface area contributed by atoms with Gasteiger partial charge < -0.3 is 0 Å². The fraction of sp³-hybridized carbons (Fsp3) is 0.250. The number of benzene rings is 1. The topological polar surface area (TPSA) is 12.9 Å². The van der Waals surface area contributed by atoms with Crippen molar-refractivity contribution in [2.45, 2.75) is 12.3 Å². The van der Waals surface area contributed by atoms with E-state index in [1.807, 2.05) is 11.4 Å². The molecule has 1 aromatic heterocycles. The fourth-order valence-corrected chi connectivity index (χ4v) is 2.89. The number of halogens is 2. The van der Waals surface area contributed by atoms with Gasteiger partial charge in [0.2, 0.25) is 0 Å². The second-order valence-corrected chi connectivity index (χ2v) is 5.16. The summed E-state index contributed by atoms with van der Waals surface area (Å²) in [5, 5.41) is 3.87. The van der Waals surface area contributed by atoms with Crippen molar-refractivity contribution < 1.29 is 4.39 Å². The minimum atomic E-state index is -0.178. The Bertz CT molecular complexity index is 444. The van der Waals surface area contributed by atoms with Crippen LogP contribution in [0, 0.1) is 5.82 Å². The Hall–Kier alpha value is -0.740. The van der Waals surface area contributed by atoms with E-state index in [1.54, 1.807) is 29.7 Å². The molecule has 2 rings (SSSR count). The van der Waals surface area contributed by atoms with Crippen LogP contribution in [0.3, 0.4) is 0 Å². The molecule has 16 heavy (non-hydrogen) atoms. The van der Waals surface area contributed by atoms with Crippen LogP contribution >= 0.6 is 27.3 Å². The summed E-state index contributed by atoms with van der Waals surface area (Å²) in [5.74, 6) is 0.101. The van der Waals surface area contributed by atoms with Crippen LogP contribution in [-0.4, -0.2) is 10.3 Å². The number of alkyl halides is 1. The standard InChI is InChI=1S/C12H11BrFNS/c13-8-10(7-12-15-4-5-16-12)9-2-1-3-11(14)6-9/h1-6,10H,7-8H2. The quantitative estimate of drug-likeness (QED) is 0.778. The molecule has 1 aromatic carbocycles. The molecule has 1 nitrogen and oxygen atoms in total. The maximum atomic E-state index is 13.1. The maximum absolute atomic E-state index is 13.1. The summed E-state index contributed by atoms with van der Waals surface area (Å²) in [6.07, 6.45) is 2.66. The van der Waals surface area contributed by atoms with Crippen LogP contribution in [0.25, 0.3) is 0 Å². The van der Waals surface area contributed by atoms with Gasteiger partial charge in [0, 0.05) is 23.3 Å². The van der Waals surface area contributed by atoms with Gasteiger partial charge in [-0.05, 0) is 23.6 Å². The Morgan fingerprint density at radius 1 is 1.44 bits per heavy atom. The third-order valence-electron chi connectivity index (χ3n) is 2.41. The van der Waals surface area contributed by atoms with Gasteiger partial charge >= 0.3 is 0 Å². The van der Waals surface area contributed by atoms with Gasteiger partial charge in [0.1, 0.15) is 5.82 Å². The maximum Gasteiger partial charge on any atom is 0.123 e. The molecule has 0 aliphatic rings. The van der Waals surface area contributed by atoms with Crippen LogP contribution in [0.1, 0.15) is 16.5 Å². The molecule has 84 valence electrons. The lowest BCUT2D eigenvalue weighted by Gasteiger charge is -2.12. The molecule has 0 fully saturated rings. The molecule has 1 atom stereocenters. The molecule has 0 spiro atoms. The molecule has 0 aliphatic heterocycles. The fourth-order valence-electron chi connectivity index (χ4n) is 1.59. The predicted octanol–water partition coefficient (Wildman–Crippen LogP) is 4.00. The highest BCUT2D eigenvalue weighted by Crippen LogP contribution is 2.24. The van der Waals surface area contributed by atoms with Crippen molar-refractivity contribution in [3.05, 3.63) is 52.2 Å². The van der Waals surface area contributed by atoms with E-state index < -0.39 is 0 Å². The number of hydrogen-bond acceptors (Lipinski definition) is 2. The monoisotopic (exact) mass is 299 g/mol. The Balaban J connectivity index is 2.16. The van der Waals surface area contributed by atoms with Crippen molar-refractivity contribution in [1.82, 2.24) is 4.98 Å². The molecule has 0 saturated heterocycles. The van der Waals surface area contributed by atoms with E-state index in [4.69, 9.17) is 0 Å². The van der Waals surface area contributed by atoms with Gasteiger partial charge in [-0.1, -0.05) is 28.1 Å². The highest BCUT2D eigenvalue weighted by atomic mass is 79.9. The number of nitrogens with zero attached hydrogens (tertiary/aromatic N) is 1. The van der Waals surface area contributed by atoms with Gasteiger partial charge in [-0.2, -0.15) is 0 Å². The first-order chi connectivity index (χ1) is 7.79. The zero-order valence-electron chi connectivity index (χ0n) is 8.57. The van der Waals surface area contributed by atoms with Crippen LogP contribution in [0.15, 0.2) is 35.8 Å². The van der Waals surface area contributed by atoms with Crippen molar-refractivity contribution in [3.63, 3.8) is 0 Å². The number of aromatic nitrogens is 1. The summed E-state index contributed by atoms with van der Waals surface area (Å²) in [6.45, 7) is 0. The second kappa shape index (κ2) is 5.55. The zero-order valence-corrected chi connectivity index (χ0v) is 11.0. The van der Waals surface area contributed by atoms with E-state index in [1.165, 1.54) is 6.07 Å². The van der Waals surface area contributed by atoms with Gasteiger partial charge in [0.05, 0.1) is 5.01 Å². The van der Waals surface area contributed by atoms with Crippen LogP contribution in [-0.2, 0) is 6.42 Å². The third kappa shape index (κ3) is 2.89. The van der Waals surface area contributed by atoms with Crippen LogP contribution in [0.2, 0.25) is 0 Å². The van der Waals surface area contributed by atoms with E-state index in [2.05, 4.69) is 20.9 Å². The zero-order chi connectivity index (χ0) is 11.4. The van der Waals surface area contributed by atoms with Gasteiger partial charge in [0.15, 0.2) is 0 Å². The van der Waals surface area contributed by atoms with Gasteiger partial charge in [0.25, 0.3) is 0 Å². The van der Waals surface area contributed by atoms with Crippen molar-refractivity contribution >= 4 is 27.3 Å². The van der Waals surface area contributed by atoms with Crippen molar-refractivity contribution in [2.75, 3.05) is 5.33 Å².